The third kappa shape index (κ3) is 5.91. The van der Waals surface area contributed by atoms with Crippen LogP contribution >= 0.6 is 24.0 Å². The number of ether oxygens (including phenoxy) is 1. The number of pyridine rings is 1. The van der Waals surface area contributed by atoms with Crippen molar-refractivity contribution >= 4 is 29.9 Å². The Hall–Kier alpha value is -1.31. The van der Waals surface area contributed by atoms with Crippen molar-refractivity contribution in [2.75, 3.05) is 6.54 Å². The Morgan fingerprint density at radius 2 is 2.29 bits per heavy atom. The zero-order chi connectivity index (χ0) is 14.2. The van der Waals surface area contributed by atoms with Crippen LogP contribution < -0.4 is 15.8 Å². The molecule has 0 atom stereocenters. The summed E-state index contributed by atoms with van der Waals surface area (Å²) in [4.78, 5) is 8.60. The first kappa shape index (κ1) is 17.7. The lowest BCUT2D eigenvalue weighted by Crippen LogP contribution is -2.31. The van der Waals surface area contributed by atoms with Crippen LogP contribution in [0.4, 0.5) is 0 Å². The molecule has 1 aliphatic carbocycles. The first-order chi connectivity index (χ1) is 9.79. The maximum Gasteiger partial charge on any atom is 0.218 e. The van der Waals surface area contributed by atoms with Gasteiger partial charge >= 0.3 is 0 Å². The Balaban J connectivity index is 0.00000220. The van der Waals surface area contributed by atoms with E-state index in [0.29, 0.717) is 31.0 Å². The number of guanidine groups is 1. The van der Waals surface area contributed by atoms with E-state index in [1.54, 1.807) is 12.3 Å². The van der Waals surface area contributed by atoms with E-state index in [9.17, 15) is 0 Å². The highest BCUT2D eigenvalue weighted by atomic mass is 127. The highest BCUT2D eigenvalue weighted by Gasteiger charge is 2.18. The molecule has 2 rings (SSSR count). The molecule has 1 aromatic rings. The number of nitrogens with two attached hydrogens (primary N) is 1. The normalized spacial score (nSPS) is 15.3. The molecule has 116 valence electrons. The largest absolute Gasteiger partial charge is 0.474 e. The van der Waals surface area contributed by atoms with Gasteiger partial charge in [-0.3, -0.25) is 0 Å². The van der Waals surface area contributed by atoms with Crippen LogP contribution in [0.25, 0.3) is 0 Å². The van der Waals surface area contributed by atoms with Gasteiger partial charge in [-0.25, -0.2) is 9.98 Å². The number of nitrogens with zero attached hydrogens (tertiary/aromatic N) is 2. The summed E-state index contributed by atoms with van der Waals surface area (Å²) in [5, 5.41) is 2.94. The Morgan fingerprint density at radius 1 is 1.52 bits per heavy atom. The SMILES string of the molecule is C=CCNC(N)=NCc1cccnc1OC1CCCC1.I. The molecule has 0 radical (unpaired) electrons. The van der Waals surface area contributed by atoms with Crippen LogP contribution in [0.2, 0.25) is 0 Å². The van der Waals surface area contributed by atoms with Gasteiger partial charge in [0.05, 0.1) is 6.54 Å². The lowest BCUT2D eigenvalue weighted by molar-refractivity contribution is 0.199. The molecular formula is C15H23IN4O. The maximum atomic E-state index is 5.96. The third-order valence-corrected chi connectivity index (χ3v) is 3.28. The van der Waals surface area contributed by atoms with Gasteiger partial charge in [0, 0.05) is 18.3 Å². The summed E-state index contributed by atoms with van der Waals surface area (Å²) in [6.07, 6.45) is 8.49. The van der Waals surface area contributed by atoms with Crippen LogP contribution in [0, 0.1) is 0 Å². The second-order valence-electron chi connectivity index (χ2n) is 4.86. The summed E-state index contributed by atoms with van der Waals surface area (Å²) in [5.41, 5.74) is 6.71. The van der Waals surface area contributed by atoms with Gasteiger partial charge in [-0.05, 0) is 31.7 Å². The highest BCUT2D eigenvalue weighted by molar-refractivity contribution is 14.0. The predicted molar refractivity (Wildman–Crippen MR) is 96.1 cm³/mol. The van der Waals surface area contributed by atoms with E-state index in [4.69, 9.17) is 10.5 Å². The molecule has 0 aliphatic heterocycles. The number of halogens is 1. The molecular weight excluding hydrogens is 379 g/mol. The lowest BCUT2D eigenvalue weighted by atomic mass is 10.2. The van der Waals surface area contributed by atoms with E-state index in [0.717, 1.165) is 18.4 Å². The van der Waals surface area contributed by atoms with Gasteiger partial charge in [0.15, 0.2) is 5.96 Å². The average Bonchev–Trinajstić information content (AvgIpc) is 2.97. The average molecular weight is 402 g/mol. The van der Waals surface area contributed by atoms with Crippen molar-refractivity contribution in [1.29, 1.82) is 0 Å². The molecule has 0 saturated heterocycles. The predicted octanol–water partition coefficient (Wildman–Crippen LogP) is 2.61. The van der Waals surface area contributed by atoms with Crippen LogP contribution in [0.15, 0.2) is 36.0 Å². The molecule has 3 N–H and O–H groups in total. The molecule has 5 nitrogen and oxygen atoms in total. The van der Waals surface area contributed by atoms with Crippen molar-refractivity contribution in [3.05, 3.63) is 36.5 Å². The summed E-state index contributed by atoms with van der Waals surface area (Å²) in [6.45, 7) is 4.69. The van der Waals surface area contributed by atoms with Crippen LogP contribution in [-0.4, -0.2) is 23.6 Å². The third-order valence-electron chi connectivity index (χ3n) is 3.28. The number of aromatic nitrogens is 1. The second-order valence-corrected chi connectivity index (χ2v) is 4.86. The maximum absolute atomic E-state index is 5.96. The van der Waals surface area contributed by atoms with E-state index in [-0.39, 0.29) is 24.0 Å². The van der Waals surface area contributed by atoms with Crippen molar-refractivity contribution in [1.82, 2.24) is 10.3 Å². The van der Waals surface area contributed by atoms with E-state index in [1.165, 1.54) is 12.8 Å². The Morgan fingerprint density at radius 3 is 3.00 bits per heavy atom. The molecule has 1 heterocycles. The molecule has 0 bridgehead atoms. The topological polar surface area (TPSA) is 72.5 Å². The summed E-state index contributed by atoms with van der Waals surface area (Å²) in [6, 6.07) is 3.86. The first-order valence-electron chi connectivity index (χ1n) is 7.05. The molecule has 1 aliphatic rings. The van der Waals surface area contributed by atoms with Crippen molar-refractivity contribution in [2.24, 2.45) is 10.7 Å². The summed E-state index contributed by atoms with van der Waals surface area (Å²) in [5.74, 6) is 1.08. The van der Waals surface area contributed by atoms with E-state index < -0.39 is 0 Å². The second kappa shape index (κ2) is 9.59. The molecule has 0 spiro atoms. The summed E-state index contributed by atoms with van der Waals surface area (Å²) < 4.78 is 5.96. The minimum atomic E-state index is 0. The van der Waals surface area contributed by atoms with Crippen molar-refractivity contribution in [3.8, 4) is 5.88 Å². The van der Waals surface area contributed by atoms with Crippen molar-refractivity contribution in [3.63, 3.8) is 0 Å². The van der Waals surface area contributed by atoms with Gasteiger partial charge in [0.1, 0.15) is 6.10 Å². The van der Waals surface area contributed by atoms with E-state index in [2.05, 4.69) is 21.9 Å². The van der Waals surface area contributed by atoms with Crippen LogP contribution in [-0.2, 0) is 6.54 Å². The van der Waals surface area contributed by atoms with Gasteiger partial charge < -0.3 is 15.8 Å². The van der Waals surface area contributed by atoms with Gasteiger partial charge in [0.2, 0.25) is 5.88 Å². The van der Waals surface area contributed by atoms with Crippen molar-refractivity contribution in [2.45, 2.75) is 38.3 Å². The minimum Gasteiger partial charge on any atom is -0.474 e. The highest BCUT2D eigenvalue weighted by Crippen LogP contribution is 2.25. The quantitative estimate of drug-likeness (QED) is 0.332. The molecule has 21 heavy (non-hydrogen) atoms. The number of aliphatic imine (C=N–C) groups is 1. The summed E-state index contributed by atoms with van der Waals surface area (Å²) >= 11 is 0. The number of nitrogens with one attached hydrogen (secondary N) is 1. The van der Waals surface area contributed by atoms with Crippen molar-refractivity contribution < 1.29 is 4.74 Å². The van der Waals surface area contributed by atoms with Gasteiger partial charge in [-0.15, -0.1) is 30.6 Å². The van der Waals surface area contributed by atoms with Gasteiger partial charge in [-0.2, -0.15) is 0 Å². The lowest BCUT2D eigenvalue weighted by Gasteiger charge is -2.14. The molecule has 0 aromatic carbocycles. The number of rotatable bonds is 6. The molecule has 1 saturated carbocycles. The molecule has 1 fully saturated rings. The fraction of sp³-hybridized carbons (Fsp3) is 0.467. The smallest absolute Gasteiger partial charge is 0.218 e. The van der Waals surface area contributed by atoms with E-state index in [1.807, 2.05) is 12.1 Å². The van der Waals surface area contributed by atoms with Crippen LogP contribution in [0.3, 0.4) is 0 Å². The van der Waals surface area contributed by atoms with Gasteiger partial charge in [-0.1, -0.05) is 12.1 Å². The number of hydrogen-bond donors (Lipinski definition) is 2. The zero-order valence-corrected chi connectivity index (χ0v) is 14.5. The Bertz CT molecular complexity index is 472. The minimum absolute atomic E-state index is 0. The summed E-state index contributed by atoms with van der Waals surface area (Å²) in [7, 11) is 0. The Kier molecular flexibility index (Phi) is 8.11. The first-order valence-corrected chi connectivity index (χ1v) is 7.05. The monoisotopic (exact) mass is 402 g/mol. The van der Waals surface area contributed by atoms with Gasteiger partial charge in [0.25, 0.3) is 0 Å². The molecule has 0 unspecified atom stereocenters. The fourth-order valence-electron chi connectivity index (χ4n) is 2.22. The van der Waals surface area contributed by atoms with E-state index >= 15 is 0 Å². The molecule has 0 amide bonds. The standard InChI is InChI=1S/C15H22N4O.HI/c1-2-9-18-15(16)19-11-12-6-5-10-17-14(12)20-13-7-3-4-8-13;/h2,5-6,10,13H,1,3-4,7-9,11H2,(H3,16,18,19);1H. The fourth-order valence-corrected chi connectivity index (χ4v) is 2.22. The van der Waals surface area contributed by atoms with Crippen LogP contribution in [0.1, 0.15) is 31.2 Å². The van der Waals surface area contributed by atoms with Crippen LogP contribution in [0.5, 0.6) is 5.88 Å². The Labute approximate surface area is 143 Å². The zero-order valence-electron chi connectivity index (χ0n) is 12.1. The molecule has 1 aromatic heterocycles. The molecule has 6 heteroatoms. The number of hydrogen-bond acceptors (Lipinski definition) is 3.